The van der Waals surface area contributed by atoms with Crippen molar-refractivity contribution in [1.29, 1.82) is 0 Å². The van der Waals surface area contributed by atoms with Crippen molar-refractivity contribution < 1.29 is 4.79 Å². The summed E-state index contributed by atoms with van der Waals surface area (Å²) in [6.07, 6.45) is 5.66. The number of rotatable bonds is 5. The maximum absolute atomic E-state index is 12.7. The molecule has 0 aromatic carbocycles. The first-order valence-electron chi connectivity index (χ1n) is 9.85. The van der Waals surface area contributed by atoms with E-state index in [2.05, 4.69) is 21.8 Å². The van der Waals surface area contributed by atoms with Crippen LogP contribution in [0.4, 0.5) is 5.69 Å². The Balaban J connectivity index is 1.52. The van der Waals surface area contributed by atoms with Gasteiger partial charge < -0.3 is 9.80 Å². The Bertz CT molecular complexity index is 666. The Labute approximate surface area is 155 Å². The summed E-state index contributed by atoms with van der Waals surface area (Å²) in [6, 6.07) is 1.64. The van der Waals surface area contributed by atoms with Crippen molar-refractivity contribution in [1.82, 2.24) is 19.6 Å². The molecule has 1 aromatic heterocycles. The first-order chi connectivity index (χ1) is 12.6. The van der Waals surface area contributed by atoms with Crippen LogP contribution in [0.15, 0.2) is 17.1 Å². The molecule has 26 heavy (non-hydrogen) atoms. The van der Waals surface area contributed by atoms with Gasteiger partial charge in [-0.25, -0.2) is 4.68 Å². The molecule has 0 radical (unpaired) electrons. The molecule has 2 aliphatic rings. The smallest absolute Gasteiger partial charge is 0.268 e. The lowest BCUT2D eigenvalue weighted by atomic mass is 9.93. The van der Waals surface area contributed by atoms with Gasteiger partial charge in [0.1, 0.15) is 0 Å². The minimum atomic E-state index is -0.0920. The number of aromatic nitrogens is 2. The maximum atomic E-state index is 12.7. The number of aryl methyl sites for hydroxylation is 1. The van der Waals surface area contributed by atoms with Gasteiger partial charge in [0.05, 0.1) is 11.9 Å². The Kier molecular flexibility index (Phi) is 6.29. The first kappa shape index (κ1) is 18.9. The SMILES string of the molecule is CCCN1CCN(C(=O)CC2CCCN(c3cnn(C)c(=O)c3)C2)CC1. The highest BCUT2D eigenvalue weighted by molar-refractivity contribution is 5.76. The number of carbonyl (C=O) groups excluding carboxylic acids is 1. The average Bonchev–Trinajstić information content (AvgIpc) is 2.65. The molecule has 3 heterocycles. The first-order valence-corrected chi connectivity index (χ1v) is 9.85. The molecule has 3 rings (SSSR count). The number of carbonyl (C=O) groups is 1. The highest BCUT2D eigenvalue weighted by Gasteiger charge is 2.26. The quantitative estimate of drug-likeness (QED) is 0.781. The lowest BCUT2D eigenvalue weighted by molar-refractivity contribution is -0.134. The number of amides is 1. The summed E-state index contributed by atoms with van der Waals surface area (Å²) in [6.45, 7) is 8.78. The summed E-state index contributed by atoms with van der Waals surface area (Å²) < 4.78 is 1.34. The second kappa shape index (κ2) is 8.66. The molecular weight excluding hydrogens is 330 g/mol. The van der Waals surface area contributed by atoms with E-state index in [0.717, 1.165) is 64.3 Å². The molecule has 1 amide bonds. The molecule has 0 aliphatic carbocycles. The van der Waals surface area contributed by atoms with Crippen LogP contribution in [0.2, 0.25) is 0 Å². The van der Waals surface area contributed by atoms with E-state index >= 15 is 0 Å². The lowest BCUT2D eigenvalue weighted by Crippen LogP contribution is -2.49. The highest BCUT2D eigenvalue weighted by atomic mass is 16.2. The van der Waals surface area contributed by atoms with Crippen molar-refractivity contribution in [2.75, 3.05) is 50.7 Å². The molecule has 144 valence electrons. The van der Waals surface area contributed by atoms with Crippen LogP contribution < -0.4 is 10.5 Å². The number of hydrogen-bond donors (Lipinski definition) is 0. The molecule has 0 spiro atoms. The van der Waals surface area contributed by atoms with Crippen LogP contribution in [0, 0.1) is 5.92 Å². The van der Waals surface area contributed by atoms with Crippen molar-refractivity contribution >= 4 is 11.6 Å². The second-order valence-corrected chi connectivity index (χ2v) is 7.56. The van der Waals surface area contributed by atoms with Crippen LogP contribution in [0.25, 0.3) is 0 Å². The number of piperazine rings is 1. The van der Waals surface area contributed by atoms with Crippen LogP contribution in [-0.2, 0) is 11.8 Å². The molecule has 1 aromatic rings. The third-order valence-electron chi connectivity index (χ3n) is 5.57. The molecule has 0 bridgehead atoms. The fourth-order valence-electron chi connectivity index (χ4n) is 4.01. The summed E-state index contributed by atoms with van der Waals surface area (Å²) in [5, 5.41) is 4.12. The fourth-order valence-corrected chi connectivity index (χ4v) is 4.01. The Morgan fingerprint density at radius 1 is 1.23 bits per heavy atom. The van der Waals surface area contributed by atoms with Gasteiger partial charge in [0, 0.05) is 58.8 Å². The van der Waals surface area contributed by atoms with E-state index in [4.69, 9.17) is 0 Å². The third-order valence-corrected chi connectivity index (χ3v) is 5.57. The molecule has 2 aliphatic heterocycles. The summed E-state index contributed by atoms with van der Waals surface area (Å²) in [4.78, 5) is 31.2. The largest absolute Gasteiger partial charge is 0.370 e. The van der Waals surface area contributed by atoms with E-state index in [9.17, 15) is 9.59 Å². The van der Waals surface area contributed by atoms with Gasteiger partial charge in [-0.1, -0.05) is 6.92 Å². The summed E-state index contributed by atoms with van der Waals surface area (Å²) in [5.41, 5.74) is 0.782. The van der Waals surface area contributed by atoms with Crippen molar-refractivity contribution in [3.8, 4) is 0 Å². The molecule has 0 N–H and O–H groups in total. The normalized spacial score (nSPS) is 21.8. The Morgan fingerprint density at radius 3 is 2.69 bits per heavy atom. The molecule has 1 unspecified atom stereocenters. The zero-order valence-electron chi connectivity index (χ0n) is 16.1. The van der Waals surface area contributed by atoms with Crippen LogP contribution in [0.3, 0.4) is 0 Å². The Morgan fingerprint density at radius 2 is 2.00 bits per heavy atom. The van der Waals surface area contributed by atoms with Crippen molar-refractivity contribution in [3.63, 3.8) is 0 Å². The van der Waals surface area contributed by atoms with Gasteiger partial charge in [0.15, 0.2) is 0 Å². The monoisotopic (exact) mass is 361 g/mol. The average molecular weight is 361 g/mol. The maximum Gasteiger partial charge on any atom is 0.268 e. The summed E-state index contributed by atoms with van der Waals surface area (Å²) in [7, 11) is 1.66. The van der Waals surface area contributed by atoms with E-state index in [1.54, 1.807) is 19.3 Å². The molecule has 2 fully saturated rings. The molecular formula is C19H31N5O2. The molecule has 7 heteroatoms. The fraction of sp³-hybridized carbons (Fsp3) is 0.737. The topological polar surface area (TPSA) is 61.7 Å². The van der Waals surface area contributed by atoms with Crippen LogP contribution in [0.5, 0.6) is 0 Å². The number of anilines is 1. The highest BCUT2D eigenvalue weighted by Crippen LogP contribution is 2.24. The van der Waals surface area contributed by atoms with Gasteiger partial charge in [-0.05, 0) is 31.7 Å². The van der Waals surface area contributed by atoms with Crippen molar-refractivity contribution in [3.05, 3.63) is 22.6 Å². The van der Waals surface area contributed by atoms with Gasteiger partial charge >= 0.3 is 0 Å². The van der Waals surface area contributed by atoms with E-state index in [1.807, 2.05) is 4.90 Å². The third kappa shape index (κ3) is 4.63. The van der Waals surface area contributed by atoms with E-state index in [1.165, 1.54) is 11.1 Å². The van der Waals surface area contributed by atoms with Crippen LogP contribution >= 0.6 is 0 Å². The van der Waals surface area contributed by atoms with E-state index in [-0.39, 0.29) is 11.5 Å². The summed E-state index contributed by atoms with van der Waals surface area (Å²) >= 11 is 0. The van der Waals surface area contributed by atoms with Gasteiger partial charge in [-0.15, -0.1) is 0 Å². The van der Waals surface area contributed by atoms with Crippen molar-refractivity contribution in [2.45, 2.75) is 32.6 Å². The minimum absolute atomic E-state index is 0.0920. The molecule has 0 saturated carbocycles. The number of nitrogens with zero attached hydrogens (tertiary/aromatic N) is 5. The predicted octanol–water partition coefficient (Wildman–Crippen LogP) is 0.941. The van der Waals surface area contributed by atoms with Crippen molar-refractivity contribution in [2.24, 2.45) is 13.0 Å². The lowest BCUT2D eigenvalue weighted by Gasteiger charge is -2.37. The van der Waals surface area contributed by atoms with Crippen LogP contribution in [-0.4, -0.2) is 71.3 Å². The van der Waals surface area contributed by atoms with Crippen LogP contribution in [0.1, 0.15) is 32.6 Å². The van der Waals surface area contributed by atoms with Gasteiger partial charge in [0.25, 0.3) is 5.56 Å². The van der Waals surface area contributed by atoms with Gasteiger partial charge in [-0.2, -0.15) is 5.10 Å². The molecule has 7 nitrogen and oxygen atoms in total. The van der Waals surface area contributed by atoms with E-state index < -0.39 is 0 Å². The number of piperidine rings is 1. The van der Waals surface area contributed by atoms with Gasteiger partial charge in [-0.3, -0.25) is 14.5 Å². The number of hydrogen-bond acceptors (Lipinski definition) is 5. The Hall–Kier alpha value is -1.89. The van der Waals surface area contributed by atoms with Gasteiger partial charge in [0.2, 0.25) is 5.91 Å². The minimum Gasteiger partial charge on any atom is -0.370 e. The zero-order valence-corrected chi connectivity index (χ0v) is 16.1. The summed E-state index contributed by atoms with van der Waals surface area (Å²) in [5.74, 6) is 0.643. The molecule has 1 atom stereocenters. The predicted molar refractivity (Wildman–Crippen MR) is 102 cm³/mol. The molecule has 2 saturated heterocycles. The standard InChI is InChI=1S/C19H31N5O2/c1-3-6-22-8-10-23(11-9-22)19(26)12-16-5-4-7-24(15-16)17-13-18(25)21(2)20-14-17/h13-14,16H,3-12,15H2,1-2H3. The van der Waals surface area contributed by atoms with E-state index in [0.29, 0.717) is 12.3 Å². The zero-order chi connectivity index (χ0) is 18.5. The second-order valence-electron chi connectivity index (χ2n) is 7.56.